The van der Waals surface area contributed by atoms with Gasteiger partial charge in [0.25, 0.3) is 0 Å². The summed E-state index contributed by atoms with van der Waals surface area (Å²) in [7, 11) is 0. The Labute approximate surface area is 96.1 Å². The number of thioether (sulfide) groups is 1. The molecule has 0 saturated heterocycles. The van der Waals surface area contributed by atoms with Gasteiger partial charge in [-0.25, -0.2) is 0 Å². The van der Waals surface area contributed by atoms with Gasteiger partial charge >= 0.3 is 0 Å². The van der Waals surface area contributed by atoms with Crippen LogP contribution in [0.5, 0.6) is 0 Å². The van der Waals surface area contributed by atoms with Crippen molar-refractivity contribution in [2.45, 2.75) is 31.6 Å². The minimum Gasteiger partial charge on any atom is -0.0943 e. The van der Waals surface area contributed by atoms with E-state index in [9.17, 15) is 0 Å². The molecule has 1 aromatic carbocycles. The van der Waals surface area contributed by atoms with Crippen molar-refractivity contribution >= 4 is 11.8 Å². The molecular weight excluding hydrogens is 200 g/mol. The highest BCUT2D eigenvalue weighted by molar-refractivity contribution is 8.03. The largest absolute Gasteiger partial charge is 0.0943 e. The van der Waals surface area contributed by atoms with Crippen molar-refractivity contribution in [3.8, 4) is 0 Å². The van der Waals surface area contributed by atoms with E-state index in [2.05, 4.69) is 50.3 Å². The molecule has 0 unspecified atom stereocenters. The first kappa shape index (κ1) is 10.6. The van der Waals surface area contributed by atoms with Crippen LogP contribution in [-0.2, 0) is 0 Å². The first-order valence-corrected chi connectivity index (χ1v) is 6.18. The molecular formula is C14H16S. The van der Waals surface area contributed by atoms with Gasteiger partial charge in [-0.3, -0.25) is 0 Å². The van der Waals surface area contributed by atoms with Gasteiger partial charge in [-0.05, 0) is 43.2 Å². The maximum atomic E-state index is 2.25. The smallest absolute Gasteiger partial charge is 0.0148 e. The second-order valence-corrected chi connectivity index (χ2v) is 5.14. The third-order valence-corrected chi connectivity index (χ3v) is 3.83. The Kier molecular flexibility index (Phi) is 3.32. The molecule has 0 fully saturated rings. The Morgan fingerprint density at radius 3 is 2.73 bits per heavy atom. The van der Waals surface area contributed by atoms with E-state index >= 15 is 0 Å². The molecule has 0 amide bonds. The maximum absolute atomic E-state index is 2.25. The van der Waals surface area contributed by atoms with Crippen molar-refractivity contribution in [1.29, 1.82) is 0 Å². The summed E-state index contributed by atoms with van der Waals surface area (Å²) >= 11 is 1.91. The van der Waals surface area contributed by atoms with Gasteiger partial charge < -0.3 is 0 Å². The molecule has 1 aliphatic rings. The summed E-state index contributed by atoms with van der Waals surface area (Å²) in [6.07, 6.45) is 8.99. The number of benzene rings is 1. The van der Waals surface area contributed by atoms with E-state index in [4.69, 9.17) is 0 Å². The third-order valence-electron chi connectivity index (χ3n) is 2.55. The molecule has 78 valence electrons. The lowest BCUT2D eigenvalue weighted by Gasteiger charge is -2.10. The predicted octanol–water partition coefficient (Wildman–Crippen LogP) is 4.63. The van der Waals surface area contributed by atoms with Crippen LogP contribution in [-0.4, -0.2) is 0 Å². The fourth-order valence-electron chi connectivity index (χ4n) is 1.72. The van der Waals surface area contributed by atoms with Gasteiger partial charge in [0.05, 0.1) is 0 Å². The minimum atomic E-state index is 1.18. The van der Waals surface area contributed by atoms with Crippen LogP contribution in [0.3, 0.4) is 0 Å². The average Bonchev–Trinajstić information content (AvgIpc) is 2.24. The lowest BCUT2D eigenvalue weighted by molar-refractivity contribution is 1.02. The summed E-state index contributed by atoms with van der Waals surface area (Å²) < 4.78 is 0. The molecule has 0 N–H and O–H groups in total. The Balaban J connectivity index is 2.17. The van der Waals surface area contributed by atoms with Crippen LogP contribution in [0, 0.1) is 13.8 Å². The number of allylic oxidation sites excluding steroid dienone is 4. The zero-order chi connectivity index (χ0) is 10.7. The van der Waals surface area contributed by atoms with Crippen molar-refractivity contribution in [1.82, 2.24) is 0 Å². The molecule has 0 bridgehead atoms. The van der Waals surface area contributed by atoms with Crippen LogP contribution in [0.2, 0.25) is 0 Å². The zero-order valence-corrected chi connectivity index (χ0v) is 10.1. The molecule has 0 atom stereocenters. The number of hydrogen-bond donors (Lipinski definition) is 0. The standard InChI is InChI=1S/C14H16S/c1-11-8-9-14(12(2)10-11)15-13-6-4-3-5-7-13/h3-4,6,8-10H,5,7H2,1-2H3. The highest BCUT2D eigenvalue weighted by Gasteiger charge is 2.04. The molecule has 0 aliphatic heterocycles. The summed E-state index contributed by atoms with van der Waals surface area (Å²) in [6, 6.07) is 6.67. The van der Waals surface area contributed by atoms with Crippen molar-refractivity contribution < 1.29 is 0 Å². The van der Waals surface area contributed by atoms with Crippen LogP contribution in [0.1, 0.15) is 24.0 Å². The molecule has 0 saturated carbocycles. The van der Waals surface area contributed by atoms with E-state index in [0.29, 0.717) is 0 Å². The van der Waals surface area contributed by atoms with Gasteiger partial charge in [0.15, 0.2) is 0 Å². The number of rotatable bonds is 2. The normalized spacial score (nSPS) is 15.2. The van der Waals surface area contributed by atoms with Crippen molar-refractivity contribution in [2.75, 3.05) is 0 Å². The summed E-state index contributed by atoms with van der Waals surface area (Å²) in [5.74, 6) is 0. The number of aryl methyl sites for hydroxylation is 2. The van der Waals surface area contributed by atoms with Crippen LogP contribution < -0.4 is 0 Å². The fraction of sp³-hybridized carbons (Fsp3) is 0.286. The lowest BCUT2D eigenvalue weighted by Crippen LogP contribution is -1.86. The van der Waals surface area contributed by atoms with Crippen LogP contribution in [0.4, 0.5) is 0 Å². The van der Waals surface area contributed by atoms with E-state index in [1.165, 1.54) is 33.8 Å². The second-order valence-electron chi connectivity index (χ2n) is 3.97. The monoisotopic (exact) mass is 216 g/mol. The van der Waals surface area contributed by atoms with E-state index in [-0.39, 0.29) is 0 Å². The van der Waals surface area contributed by atoms with Crippen LogP contribution >= 0.6 is 11.8 Å². The van der Waals surface area contributed by atoms with Crippen molar-refractivity contribution in [3.63, 3.8) is 0 Å². The molecule has 0 spiro atoms. The summed E-state index contributed by atoms with van der Waals surface area (Å²) in [4.78, 5) is 2.87. The molecule has 1 aliphatic carbocycles. The van der Waals surface area contributed by atoms with Gasteiger partial charge in [-0.15, -0.1) is 0 Å². The van der Waals surface area contributed by atoms with Crippen LogP contribution in [0.15, 0.2) is 46.2 Å². The molecule has 15 heavy (non-hydrogen) atoms. The van der Waals surface area contributed by atoms with Gasteiger partial charge in [0.1, 0.15) is 0 Å². The Hall–Kier alpha value is -0.950. The van der Waals surface area contributed by atoms with Gasteiger partial charge in [-0.1, -0.05) is 47.7 Å². The van der Waals surface area contributed by atoms with Gasteiger partial charge in [-0.2, -0.15) is 0 Å². The highest BCUT2D eigenvalue weighted by atomic mass is 32.2. The van der Waals surface area contributed by atoms with E-state index < -0.39 is 0 Å². The Morgan fingerprint density at radius 1 is 1.20 bits per heavy atom. The molecule has 0 nitrogen and oxygen atoms in total. The van der Waals surface area contributed by atoms with Crippen molar-refractivity contribution in [2.24, 2.45) is 0 Å². The number of hydrogen-bond acceptors (Lipinski definition) is 1. The third kappa shape index (κ3) is 2.75. The Morgan fingerprint density at radius 2 is 2.07 bits per heavy atom. The van der Waals surface area contributed by atoms with Crippen molar-refractivity contribution in [3.05, 3.63) is 52.5 Å². The molecule has 0 radical (unpaired) electrons. The zero-order valence-electron chi connectivity index (χ0n) is 9.29. The minimum absolute atomic E-state index is 1.18. The fourth-order valence-corrected chi connectivity index (χ4v) is 2.73. The van der Waals surface area contributed by atoms with Gasteiger partial charge in [0.2, 0.25) is 0 Å². The summed E-state index contributed by atoms with van der Waals surface area (Å²) in [5, 5.41) is 0. The van der Waals surface area contributed by atoms with E-state index in [0.717, 1.165) is 0 Å². The first-order valence-electron chi connectivity index (χ1n) is 5.36. The molecule has 0 heterocycles. The second kappa shape index (κ2) is 4.71. The molecule has 1 aromatic rings. The molecule has 0 aromatic heterocycles. The Bertz CT molecular complexity index is 413. The topological polar surface area (TPSA) is 0 Å². The van der Waals surface area contributed by atoms with E-state index in [1.54, 1.807) is 0 Å². The highest BCUT2D eigenvalue weighted by Crippen LogP contribution is 2.33. The summed E-state index contributed by atoms with van der Waals surface area (Å²) in [5.41, 5.74) is 2.73. The average molecular weight is 216 g/mol. The SMILES string of the molecule is Cc1ccc(SC2=CC=CCC2)c(C)c1. The quantitative estimate of drug-likeness (QED) is 0.694. The molecule has 1 heteroatoms. The summed E-state index contributed by atoms with van der Waals surface area (Å²) in [6.45, 7) is 4.33. The maximum Gasteiger partial charge on any atom is 0.0148 e. The van der Waals surface area contributed by atoms with Gasteiger partial charge in [0, 0.05) is 4.90 Å². The van der Waals surface area contributed by atoms with E-state index in [1.807, 2.05) is 11.8 Å². The molecule has 2 rings (SSSR count). The van der Waals surface area contributed by atoms with Crippen LogP contribution in [0.25, 0.3) is 0 Å². The predicted molar refractivity (Wildman–Crippen MR) is 68.2 cm³/mol. The lowest BCUT2D eigenvalue weighted by atomic mass is 10.2. The first-order chi connectivity index (χ1) is 7.25.